The number of carbonyl (C=O) groups excluding carboxylic acids is 2. The molecule has 0 N–H and O–H groups in total. The molecule has 1 saturated heterocycles. The molecule has 3 atom stereocenters. The van der Waals surface area contributed by atoms with Gasteiger partial charge in [0.2, 0.25) is 5.91 Å². The van der Waals surface area contributed by atoms with E-state index in [0.29, 0.717) is 12.5 Å². The molecule has 1 aromatic carbocycles. The van der Waals surface area contributed by atoms with Gasteiger partial charge < -0.3 is 9.64 Å². The van der Waals surface area contributed by atoms with Crippen molar-refractivity contribution in [3.63, 3.8) is 0 Å². The third-order valence-electron chi connectivity index (χ3n) is 4.46. The summed E-state index contributed by atoms with van der Waals surface area (Å²) in [4.78, 5) is 26.3. The van der Waals surface area contributed by atoms with Gasteiger partial charge in [0.1, 0.15) is 12.6 Å². The molecule has 1 aliphatic carbocycles. The highest BCUT2D eigenvalue weighted by molar-refractivity contribution is 5.88. The maximum atomic E-state index is 12.3. The second-order valence-electron chi connectivity index (χ2n) is 6.10. The van der Waals surface area contributed by atoms with Gasteiger partial charge in [-0.05, 0) is 30.7 Å². The fourth-order valence-corrected chi connectivity index (χ4v) is 2.98. The van der Waals surface area contributed by atoms with E-state index in [-0.39, 0.29) is 30.4 Å². The number of rotatable bonds is 4. The lowest BCUT2D eigenvalue weighted by Crippen LogP contribution is -2.42. The molecule has 1 aliphatic heterocycles. The van der Waals surface area contributed by atoms with Crippen LogP contribution in [0.3, 0.4) is 0 Å². The monoisotopic (exact) mass is 287 g/mol. The zero-order valence-electron chi connectivity index (χ0n) is 12.3. The van der Waals surface area contributed by atoms with E-state index < -0.39 is 0 Å². The topological polar surface area (TPSA) is 46.6 Å². The Labute approximate surface area is 125 Å². The van der Waals surface area contributed by atoms with Gasteiger partial charge in [0.05, 0.1) is 0 Å². The summed E-state index contributed by atoms with van der Waals surface area (Å²) < 4.78 is 5.39. The molecule has 1 aromatic rings. The molecule has 2 aliphatic rings. The number of esters is 1. The van der Waals surface area contributed by atoms with Crippen molar-refractivity contribution >= 4 is 11.9 Å². The Morgan fingerprint density at radius 2 is 2.00 bits per heavy atom. The number of benzene rings is 1. The molecule has 1 heterocycles. The van der Waals surface area contributed by atoms with Gasteiger partial charge >= 0.3 is 5.97 Å². The van der Waals surface area contributed by atoms with Crippen molar-refractivity contribution in [2.45, 2.75) is 38.8 Å². The number of ether oxygens (including phenoxy) is 1. The normalized spacial score (nSPS) is 27.5. The van der Waals surface area contributed by atoms with E-state index in [4.69, 9.17) is 4.74 Å². The minimum atomic E-state index is -0.381. The smallest absolute Gasteiger partial charge is 0.329 e. The number of hydrogen-bond acceptors (Lipinski definition) is 3. The second kappa shape index (κ2) is 5.88. The lowest BCUT2D eigenvalue weighted by atomic mass is 10.2. The van der Waals surface area contributed by atoms with E-state index in [1.807, 2.05) is 30.3 Å². The van der Waals surface area contributed by atoms with Crippen LogP contribution in [0.2, 0.25) is 0 Å². The minimum absolute atomic E-state index is 0.132. The summed E-state index contributed by atoms with van der Waals surface area (Å²) in [6.45, 7) is 3.05. The third-order valence-corrected chi connectivity index (χ3v) is 4.46. The number of carbonyl (C=O) groups is 2. The number of amides is 1. The predicted molar refractivity (Wildman–Crippen MR) is 78.2 cm³/mol. The molecule has 4 heteroatoms. The van der Waals surface area contributed by atoms with Crippen molar-refractivity contribution in [1.29, 1.82) is 0 Å². The number of likely N-dealkylation sites (tertiary alicyclic amines) is 1. The highest BCUT2D eigenvalue weighted by Crippen LogP contribution is 2.40. The first-order valence-electron chi connectivity index (χ1n) is 7.68. The van der Waals surface area contributed by atoms with Crippen LogP contribution in [0.1, 0.15) is 31.7 Å². The van der Waals surface area contributed by atoms with Crippen LogP contribution >= 0.6 is 0 Å². The Bertz CT molecular complexity index is 528. The first-order valence-corrected chi connectivity index (χ1v) is 7.68. The van der Waals surface area contributed by atoms with Crippen molar-refractivity contribution in [1.82, 2.24) is 4.90 Å². The summed E-state index contributed by atoms with van der Waals surface area (Å²) in [5.74, 6) is 0.478. The van der Waals surface area contributed by atoms with Gasteiger partial charge in [-0.3, -0.25) is 4.79 Å². The number of hydrogen-bond donors (Lipinski definition) is 0. The lowest BCUT2D eigenvalue weighted by Gasteiger charge is -2.23. The van der Waals surface area contributed by atoms with Crippen LogP contribution in [0.5, 0.6) is 0 Å². The Morgan fingerprint density at radius 1 is 1.29 bits per heavy atom. The Balaban J connectivity index is 1.57. The molecule has 0 radical (unpaired) electrons. The van der Waals surface area contributed by atoms with Crippen molar-refractivity contribution in [2.24, 2.45) is 11.8 Å². The summed E-state index contributed by atoms with van der Waals surface area (Å²) in [7, 11) is 0. The molecule has 1 saturated carbocycles. The molecule has 4 nitrogen and oxygen atoms in total. The van der Waals surface area contributed by atoms with Crippen LogP contribution in [0.4, 0.5) is 0 Å². The summed E-state index contributed by atoms with van der Waals surface area (Å²) in [6.07, 6.45) is 2.57. The summed E-state index contributed by atoms with van der Waals surface area (Å²) in [5.41, 5.74) is 0.970. The molecule has 112 valence electrons. The summed E-state index contributed by atoms with van der Waals surface area (Å²) in [6, 6.07) is 9.24. The Hall–Kier alpha value is -1.84. The van der Waals surface area contributed by atoms with E-state index in [2.05, 4.69) is 6.92 Å². The third kappa shape index (κ3) is 3.09. The van der Waals surface area contributed by atoms with Gasteiger partial charge in [0.25, 0.3) is 0 Å². The molecule has 0 unspecified atom stereocenters. The SMILES string of the molecule is C[C@@H]1C[C@@H]1C(=O)N1CCC[C@@H]1C(=O)OCc1ccccc1. The van der Waals surface area contributed by atoms with Crippen LogP contribution in [-0.4, -0.2) is 29.4 Å². The van der Waals surface area contributed by atoms with E-state index in [1.165, 1.54) is 0 Å². The van der Waals surface area contributed by atoms with Gasteiger partial charge in [0, 0.05) is 12.5 Å². The van der Waals surface area contributed by atoms with Gasteiger partial charge in [-0.1, -0.05) is 37.3 Å². The minimum Gasteiger partial charge on any atom is -0.459 e. The summed E-state index contributed by atoms with van der Waals surface area (Å²) >= 11 is 0. The lowest BCUT2D eigenvalue weighted by molar-refractivity contribution is -0.155. The zero-order chi connectivity index (χ0) is 14.8. The van der Waals surface area contributed by atoms with E-state index in [1.54, 1.807) is 4.90 Å². The fourth-order valence-electron chi connectivity index (χ4n) is 2.98. The van der Waals surface area contributed by atoms with Gasteiger partial charge in [-0.2, -0.15) is 0 Å². The molecule has 2 fully saturated rings. The Kier molecular flexibility index (Phi) is 3.95. The predicted octanol–water partition coefficient (Wildman–Crippen LogP) is 2.38. The van der Waals surface area contributed by atoms with Crippen LogP contribution < -0.4 is 0 Å². The first-order chi connectivity index (χ1) is 10.2. The van der Waals surface area contributed by atoms with E-state index in [9.17, 15) is 9.59 Å². The van der Waals surface area contributed by atoms with Crippen molar-refractivity contribution in [3.05, 3.63) is 35.9 Å². The molecule has 3 rings (SSSR count). The zero-order valence-corrected chi connectivity index (χ0v) is 12.3. The second-order valence-corrected chi connectivity index (χ2v) is 6.10. The fraction of sp³-hybridized carbons (Fsp3) is 0.529. The quantitative estimate of drug-likeness (QED) is 0.799. The molecule has 1 amide bonds. The van der Waals surface area contributed by atoms with Crippen molar-refractivity contribution < 1.29 is 14.3 Å². The van der Waals surface area contributed by atoms with Crippen LogP contribution in [0.25, 0.3) is 0 Å². The van der Waals surface area contributed by atoms with Crippen LogP contribution in [0.15, 0.2) is 30.3 Å². The van der Waals surface area contributed by atoms with Gasteiger partial charge in [0.15, 0.2) is 0 Å². The maximum absolute atomic E-state index is 12.3. The largest absolute Gasteiger partial charge is 0.459 e. The van der Waals surface area contributed by atoms with Gasteiger partial charge in [-0.25, -0.2) is 4.79 Å². The highest BCUT2D eigenvalue weighted by Gasteiger charge is 2.45. The molecular formula is C17H21NO3. The average molecular weight is 287 g/mol. The van der Waals surface area contributed by atoms with Crippen molar-refractivity contribution in [3.8, 4) is 0 Å². The first kappa shape index (κ1) is 14.1. The van der Waals surface area contributed by atoms with Gasteiger partial charge in [-0.15, -0.1) is 0 Å². The molecular weight excluding hydrogens is 266 g/mol. The molecule has 0 spiro atoms. The molecule has 21 heavy (non-hydrogen) atoms. The van der Waals surface area contributed by atoms with Crippen molar-refractivity contribution in [2.75, 3.05) is 6.54 Å². The van der Waals surface area contributed by atoms with E-state index in [0.717, 1.165) is 24.8 Å². The average Bonchev–Trinajstić information content (AvgIpc) is 3.03. The van der Waals surface area contributed by atoms with Crippen LogP contribution in [-0.2, 0) is 20.9 Å². The summed E-state index contributed by atoms with van der Waals surface area (Å²) in [5, 5.41) is 0. The Morgan fingerprint density at radius 3 is 2.67 bits per heavy atom. The standard InChI is InChI=1S/C17H21NO3/c1-12-10-14(12)16(19)18-9-5-8-15(18)17(20)21-11-13-6-3-2-4-7-13/h2-4,6-7,12,14-15H,5,8-11H2,1H3/t12-,14+,15-/m1/s1. The molecule has 0 aromatic heterocycles. The number of nitrogens with zero attached hydrogens (tertiary/aromatic N) is 1. The highest BCUT2D eigenvalue weighted by atomic mass is 16.5. The molecule has 0 bridgehead atoms. The maximum Gasteiger partial charge on any atom is 0.329 e. The van der Waals surface area contributed by atoms with E-state index >= 15 is 0 Å². The van der Waals surface area contributed by atoms with Crippen LogP contribution in [0, 0.1) is 11.8 Å².